The number of fused-ring (bicyclic) bond motifs is 2. The van der Waals surface area contributed by atoms with E-state index in [4.69, 9.17) is 17.3 Å². The van der Waals surface area contributed by atoms with Crippen LogP contribution in [0.1, 0.15) is 32.7 Å². The second-order valence-electron chi connectivity index (χ2n) is 8.99. The molecule has 0 saturated carbocycles. The van der Waals surface area contributed by atoms with E-state index < -0.39 is 0 Å². The second-order valence-corrected chi connectivity index (χ2v) is 10.3. The summed E-state index contributed by atoms with van der Waals surface area (Å²) in [5.74, 6) is 0.136. The molecule has 0 unspecified atom stereocenters. The molecule has 0 atom stereocenters. The fraction of sp³-hybridized carbons (Fsp3) is 0.185. The first-order valence-electron chi connectivity index (χ1n) is 11.4. The van der Waals surface area contributed by atoms with E-state index >= 15 is 0 Å². The van der Waals surface area contributed by atoms with Crippen molar-refractivity contribution in [3.05, 3.63) is 87.3 Å². The SMILES string of the molecule is Cc1ccc2c(Cc3ccc(Cl)c(CN(C)C)c3)nccc2c1NC(=O)c1csc2c(N)ncnc12. The van der Waals surface area contributed by atoms with Gasteiger partial charge in [0.15, 0.2) is 0 Å². The predicted octanol–water partition coefficient (Wildman–Crippen LogP) is 5.69. The summed E-state index contributed by atoms with van der Waals surface area (Å²) in [5, 5.41) is 7.56. The van der Waals surface area contributed by atoms with Gasteiger partial charge in [-0.3, -0.25) is 9.78 Å². The number of rotatable bonds is 6. The highest BCUT2D eigenvalue weighted by Crippen LogP contribution is 2.32. The van der Waals surface area contributed by atoms with Gasteiger partial charge in [0, 0.05) is 40.3 Å². The van der Waals surface area contributed by atoms with Crippen LogP contribution in [0.3, 0.4) is 0 Å². The Morgan fingerprint density at radius 1 is 1.11 bits per heavy atom. The van der Waals surface area contributed by atoms with E-state index in [9.17, 15) is 4.79 Å². The quantitative estimate of drug-likeness (QED) is 0.301. The predicted molar refractivity (Wildman–Crippen MR) is 148 cm³/mol. The van der Waals surface area contributed by atoms with Gasteiger partial charge < -0.3 is 16.0 Å². The Balaban J connectivity index is 1.50. The minimum atomic E-state index is -0.237. The summed E-state index contributed by atoms with van der Waals surface area (Å²) in [6.07, 6.45) is 3.82. The van der Waals surface area contributed by atoms with Crippen molar-refractivity contribution in [2.75, 3.05) is 25.1 Å². The van der Waals surface area contributed by atoms with E-state index in [1.807, 2.05) is 45.3 Å². The number of halogens is 1. The summed E-state index contributed by atoms with van der Waals surface area (Å²) in [5.41, 5.74) is 11.8. The van der Waals surface area contributed by atoms with Crippen molar-refractivity contribution in [1.29, 1.82) is 0 Å². The Kier molecular flexibility index (Phi) is 6.57. The molecule has 7 nitrogen and oxygen atoms in total. The number of hydrogen-bond donors (Lipinski definition) is 2. The first-order valence-corrected chi connectivity index (χ1v) is 12.7. The average Bonchev–Trinajstić information content (AvgIpc) is 3.28. The Morgan fingerprint density at radius 3 is 2.75 bits per heavy atom. The molecular formula is C27H25ClN6OS. The molecule has 0 bridgehead atoms. The lowest BCUT2D eigenvalue weighted by atomic mass is 9.99. The van der Waals surface area contributed by atoms with Crippen LogP contribution in [0.2, 0.25) is 5.02 Å². The highest BCUT2D eigenvalue weighted by atomic mass is 35.5. The summed E-state index contributed by atoms with van der Waals surface area (Å²) < 4.78 is 0.709. The Bertz CT molecular complexity index is 1610. The third-order valence-electron chi connectivity index (χ3n) is 6.07. The monoisotopic (exact) mass is 516 g/mol. The first kappa shape index (κ1) is 24.1. The topological polar surface area (TPSA) is 97.0 Å². The summed E-state index contributed by atoms with van der Waals surface area (Å²) in [6.45, 7) is 2.74. The Hall–Kier alpha value is -3.59. The minimum absolute atomic E-state index is 0.237. The maximum absolute atomic E-state index is 13.3. The van der Waals surface area contributed by atoms with Crippen LogP contribution >= 0.6 is 22.9 Å². The second kappa shape index (κ2) is 9.81. The van der Waals surface area contributed by atoms with Gasteiger partial charge in [-0.15, -0.1) is 11.3 Å². The lowest BCUT2D eigenvalue weighted by Crippen LogP contribution is -2.13. The first-order chi connectivity index (χ1) is 17.3. The van der Waals surface area contributed by atoms with Crippen LogP contribution < -0.4 is 11.1 Å². The zero-order valence-corrected chi connectivity index (χ0v) is 21.7. The molecule has 0 fully saturated rings. The molecule has 182 valence electrons. The van der Waals surface area contributed by atoms with Crippen LogP contribution in [0.5, 0.6) is 0 Å². The molecule has 0 spiro atoms. The third-order valence-corrected chi connectivity index (χ3v) is 7.43. The number of hydrogen-bond acceptors (Lipinski definition) is 7. The molecule has 0 radical (unpaired) electrons. The van der Waals surface area contributed by atoms with Gasteiger partial charge in [0.05, 0.1) is 27.2 Å². The van der Waals surface area contributed by atoms with E-state index in [-0.39, 0.29) is 5.91 Å². The van der Waals surface area contributed by atoms with Gasteiger partial charge in [0.2, 0.25) is 0 Å². The lowest BCUT2D eigenvalue weighted by Gasteiger charge is -2.15. The molecule has 5 aromatic rings. The van der Waals surface area contributed by atoms with Crippen molar-refractivity contribution in [2.45, 2.75) is 19.9 Å². The van der Waals surface area contributed by atoms with Crippen LogP contribution in [0, 0.1) is 6.92 Å². The highest BCUT2D eigenvalue weighted by molar-refractivity contribution is 7.18. The van der Waals surface area contributed by atoms with Crippen LogP contribution in [0.15, 0.2) is 54.3 Å². The fourth-order valence-corrected chi connectivity index (χ4v) is 5.42. The zero-order valence-electron chi connectivity index (χ0n) is 20.2. The average molecular weight is 517 g/mol. The number of nitrogens with two attached hydrogens (primary N) is 1. The van der Waals surface area contributed by atoms with Gasteiger partial charge in [-0.1, -0.05) is 35.9 Å². The van der Waals surface area contributed by atoms with Crippen LogP contribution in [0.4, 0.5) is 11.5 Å². The number of benzene rings is 2. The molecule has 1 amide bonds. The number of anilines is 2. The molecule has 2 aromatic carbocycles. The van der Waals surface area contributed by atoms with E-state index in [0.717, 1.165) is 50.4 Å². The summed E-state index contributed by atoms with van der Waals surface area (Å²) in [7, 11) is 4.04. The number of nitrogens with zero attached hydrogens (tertiary/aromatic N) is 4. The summed E-state index contributed by atoms with van der Waals surface area (Å²) in [6, 6.07) is 12.1. The van der Waals surface area contributed by atoms with Gasteiger partial charge in [0.1, 0.15) is 12.1 Å². The molecule has 0 saturated heterocycles. The molecular weight excluding hydrogens is 492 g/mol. The molecule has 36 heavy (non-hydrogen) atoms. The minimum Gasteiger partial charge on any atom is -0.382 e. The number of nitrogens with one attached hydrogen (secondary N) is 1. The van der Waals surface area contributed by atoms with Crippen molar-refractivity contribution < 1.29 is 4.79 Å². The number of aryl methyl sites for hydroxylation is 1. The number of nitrogen functional groups attached to an aromatic ring is 1. The largest absolute Gasteiger partial charge is 0.382 e. The fourth-order valence-electron chi connectivity index (χ4n) is 4.34. The smallest absolute Gasteiger partial charge is 0.258 e. The van der Waals surface area contributed by atoms with Gasteiger partial charge in [-0.25, -0.2) is 9.97 Å². The highest BCUT2D eigenvalue weighted by Gasteiger charge is 2.18. The number of pyridine rings is 1. The van der Waals surface area contributed by atoms with E-state index in [0.29, 0.717) is 28.0 Å². The maximum Gasteiger partial charge on any atom is 0.258 e. The number of thiophene rings is 1. The molecule has 9 heteroatoms. The Labute approximate surface area is 218 Å². The normalized spacial score (nSPS) is 11.5. The van der Waals surface area contributed by atoms with Crippen molar-refractivity contribution in [1.82, 2.24) is 19.9 Å². The number of carbonyl (C=O) groups excluding carboxylic acids is 1. The van der Waals surface area contributed by atoms with Crippen LogP contribution in [-0.4, -0.2) is 39.9 Å². The summed E-state index contributed by atoms with van der Waals surface area (Å²) in [4.78, 5) is 28.4. The van der Waals surface area contributed by atoms with Gasteiger partial charge in [-0.05, 0) is 49.8 Å². The molecule has 3 aromatic heterocycles. The molecule has 3 N–H and O–H groups in total. The van der Waals surface area contributed by atoms with E-state index in [2.05, 4.69) is 37.3 Å². The van der Waals surface area contributed by atoms with Crippen LogP contribution in [-0.2, 0) is 13.0 Å². The molecule has 5 rings (SSSR count). The van der Waals surface area contributed by atoms with Crippen molar-refractivity contribution in [2.24, 2.45) is 0 Å². The number of carbonyl (C=O) groups is 1. The molecule has 0 aliphatic carbocycles. The zero-order chi connectivity index (χ0) is 25.4. The van der Waals surface area contributed by atoms with Crippen molar-refractivity contribution in [3.8, 4) is 0 Å². The third kappa shape index (κ3) is 4.63. The van der Waals surface area contributed by atoms with E-state index in [1.54, 1.807) is 11.6 Å². The lowest BCUT2D eigenvalue weighted by molar-refractivity contribution is 0.102. The van der Waals surface area contributed by atoms with Crippen LogP contribution in [0.25, 0.3) is 21.0 Å². The van der Waals surface area contributed by atoms with Gasteiger partial charge in [0.25, 0.3) is 5.91 Å². The molecule has 3 heterocycles. The van der Waals surface area contributed by atoms with Gasteiger partial charge in [-0.2, -0.15) is 0 Å². The maximum atomic E-state index is 13.3. The number of amides is 1. The van der Waals surface area contributed by atoms with E-state index in [1.165, 1.54) is 17.7 Å². The molecule has 0 aliphatic heterocycles. The Morgan fingerprint density at radius 2 is 1.94 bits per heavy atom. The van der Waals surface area contributed by atoms with Crippen molar-refractivity contribution >= 4 is 61.3 Å². The molecule has 0 aliphatic rings. The summed E-state index contributed by atoms with van der Waals surface area (Å²) >= 11 is 7.78. The van der Waals surface area contributed by atoms with Gasteiger partial charge >= 0.3 is 0 Å². The standard InChI is InChI=1S/C27H25ClN6OS/c1-15-4-6-18-19(23(15)33-27(35)20-13-36-25-24(20)31-14-32-26(25)29)8-9-30-22(18)11-16-5-7-21(28)17(10-16)12-34(2)3/h4-10,13-14H,11-12H2,1-3H3,(H,33,35)(H2,29,31,32). The number of aromatic nitrogens is 3. The van der Waals surface area contributed by atoms with Crippen molar-refractivity contribution in [3.63, 3.8) is 0 Å².